The molecule has 0 aromatic rings. The highest BCUT2D eigenvalue weighted by Crippen LogP contribution is 2.47. The normalized spacial score (nSPS) is 27.4. The Kier molecular flexibility index (Phi) is 4.55. The molecule has 0 radical (unpaired) electrons. The fourth-order valence-electron chi connectivity index (χ4n) is 3.71. The number of carboxylic acids is 2. The van der Waals surface area contributed by atoms with E-state index in [-0.39, 0.29) is 17.9 Å². The number of hydrogen-bond acceptors (Lipinski definition) is 2. The van der Waals surface area contributed by atoms with E-state index < -0.39 is 17.4 Å². The van der Waals surface area contributed by atoms with Crippen molar-refractivity contribution in [2.24, 2.45) is 11.3 Å². The second-order valence-corrected chi connectivity index (χ2v) is 6.41. The van der Waals surface area contributed by atoms with Crippen molar-refractivity contribution in [3.63, 3.8) is 0 Å². The molecular formula is C17H24O4. The van der Waals surface area contributed by atoms with Crippen LogP contribution in [0, 0.1) is 11.3 Å². The predicted molar refractivity (Wildman–Crippen MR) is 80.0 cm³/mol. The lowest BCUT2D eigenvalue weighted by Gasteiger charge is -2.38. The lowest BCUT2D eigenvalue weighted by molar-refractivity contribution is -0.146. The Balaban J connectivity index is 2.48. The van der Waals surface area contributed by atoms with Gasteiger partial charge in [-0.1, -0.05) is 32.3 Å². The zero-order valence-electron chi connectivity index (χ0n) is 12.8. The summed E-state index contributed by atoms with van der Waals surface area (Å²) < 4.78 is 0. The van der Waals surface area contributed by atoms with Crippen LogP contribution in [0.5, 0.6) is 0 Å². The second kappa shape index (κ2) is 6.04. The van der Waals surface area contributed by atoms with Crippen LogP contribution in [0.3, 0.4) is 0 Å². The SMILES string of the molecule is CCC1=C(C(=O)O)CC(C)(C(=O)O)C(C2CCCCC2)=C1. The summed E-state index contributed by atoms with van der Waals surface area (Å²) in [6, 6.07) is 0. The third kappa shape index (κ3) is 2.89. The van der Waals surface area contributed by atoms with Crippen molar-refractivity contribution < 1.29 is 19.8 Å². The summed E-state index contributed by atoms with van der Waals surface area (Å²) in [4.78, 5) is 23.3. The average molecular weight is 292 g/mol. The highest BCUT2D eigenvalue weighted by atomic mass is 16.4. The lowest BCUT2D eigenvalue weighted by atomic mass is 9.64. The Hall–Kier alpha value is -1.58. The smallest absolute Gasteiger partial charge is 0.331 e. The average Bonchev–Trinajstić information content (AvgIpc) is 2.47. The van der Waals surface area contributed by atoms with Gasteiger partial charge in [0.1, 0.15) is 0 Å². The standard InChI is InChI=1S/C17H24O4/c1-3-11-9-14(12-7-5-4-6-8-12)17(2,16(20)21)10-13(11)15(18)19/h9,12H,3-8,10H2,1-2H3,(H,18,19)(H,20,21). The maximum absolute atomic E-state index is 11.8. The van der Waals surface area contributed by atoms with Gasteiger partial charge in [0.2, 0.25) is 0 Å². The molecule has 0 aromatic carbocycles. The number of allylic oxidation sites excluding steroid dienone is 2. The summed E-state index contributed by atoms with van der Waals surface area (Å²) in [6.07, 6.45) is 8.14. The fraction of sp³-hybridized carbons (Fsp3) is 0.647. The van der Waals surface area contributed by atoms with E-state index in [0.717, 1.165) is 36.8 Å². The summed E-state index contributed by atoms with van der Waals surface area (Å²) in [5, 5.41) is 19.1. The Morgan fingerprint density at radius 1 is 1.24 bits per heavy atom. The zero-order valence-corrected chi connectivity index (χ0v) is 12.8. The van der Waals surface area contributed by atoms with Crippen molar-refractivity contribution in [2.45, 2.75) is 58.8 Å². The van der Waals surface area contributed by atoms with Gasteiger partial charge in [-0.3, -0.25) is 4.79 Å². The molecule has 2 aliphatic carbocycles. The number of carboxylic acid groups (broad SMARTS) is 2. The quantitative estimate of drug-likeness (QED) is 0.827. The molecule has 1 unspecified atom stereocenters. The lowest BCUT2D eigenvalue weighted by Crippen LogP contribution is -2.37. The summed E-state index contributed by atoms with van der Waals surface area (Å²) >= 11 is 0. The molecule has 0 amide bonds. The molecule has 0 heterocycles. The first-order chi connectivity index (χ1) is 9.90. The fourth-order valence-corrected chi connectivity index (χ4v) is 3.71. The van der Waals surface area contributed by atoms with Gasteiger partial charge in [-0.05, 0) is 49.7 Å². The van der Waals surface area contributed by atoms with Crippen LogP contribution in [-0.4, -0.2) is 22.2 Å². The van der Waals surface area contributed by atoms with Crippen LogP contribution in [0.2, 0.25) is 0 Å². The summed E-state index contributed by atoms with van der Waals surface area (Å²) in [6.45, 7) is 3.61. The van der Waals surface area contributed by atoms with Gasteiger partial charge in [-0.25, -0.2) is 4.79 Å². The summed E-state index contributed by atoms with van der Waals surface area (Å²) in [5.74, 6) is -1.61. The number of rotatable bonds is 4. The predicted octanol–water partition coefficient (Wildman–Crippen LogP) is 3.78. The van der Waals surface area contributed by atoms with Gasteiger partial charge in [0.25, 0.3) is 0 Å². The van der Waals surface area contributed by atoms with Gasteiger partial charge in [-0.2, -0.15) is 0 Å². The van der Waals surface area contributed by atoms with E-state index in [1.807, 2.05) is 13.0 Å². The first-order valence-corrected chi connectivity index (χ1v) is 7.81. The van der Waals surface area contributed by atoms with Crippen LogP contribution >= 0.6 is 0 Å². The molecule has 2 rings (SSSR count). The Morgan fingerprint density at radius 3 is 2.33 bits per heavy atom. The van der Waals surface area contributed by atoms with E-state index >= 15 is 0 Å². The summed E-state index contributed by atoms with van der Waals surface area (Å²) in [5.41, 5.74) is 0.925. The van der Waals surface area contributed by atoms with E-state index in [1.54, 1.807) is 6.92 Å². The molecule has 1 fully saturated rings. The molecular weight excluding hydrogens is 268 g/mol. The van der Waals surface area contributed by atoms with Gasteiger partial charge in [0.05, 0.1) is 5.41 Å². The molecule has 0 bridgehead atoms. The van der Waals surface area contributed by atoms with Crippen molar-refractivity contribution in [3.05, 3.63) is 22.8 Å². The summed E-state index contributed by atoms with van der Waals surface area (Å²) in [7, 11) is 0. The van der Waals surface area contributed by atoms with Crippen molar-refractivity contribution in [1.29, 1.82) is 0 Å². The molecule has 1 atom stereocenters. The minimum Gasteiger partial charge on any atom is -0.481 e. The van der Waals surface area contributed by atoms with E-state index in [2.05, 4.69) is 0 Å². The highest BCUT2D eigenvalue weighted by Gasteiger charge is 2.44. The maximum Gasteiger partial charge on any atom is 0.331 e. The van der Waals surface area contributed by atoms with Crippen molar-refractivity contribution >= 4 is 11.9 Å². The largest absolute Gasteiger partial charge is 0.481 e. The minimum atomic E-state index is -1.07. The molecule has 4 nitrogen and oxygen atoms in total. The topological polar surface area (TPSA) is 74.6 Å². The van der Waals surface area contributed by atoms with Gasteiger partial charge in [0, 0.05) is 5.57 Å². The van der Waals surface area contributed by atoms with Crippen LogP contribution < -0.4 is 0 Å². The van der Waals surface area contributed by atoms with E-state index in [1.165, 1.54) is 6.42 Å². The van der Waals surface area contributed by atoms with Crippen molar-refractivity contribution in [3.8, 4) is 0 Å². The molecule has 2 N–H and O–H groups in total. The van der Waals surface area contributed by atoms with Gasteiger partial charge in [0.15, 0.2) is 0 Å². The van der Waals surface area contributed by atoms with Crippen LogP contribution in [0.25, 0.3) is 0 Å². The third-order valence-corrected chi connectivity index (χ3v) is 5.04. The molecule has 2 aliphatic rings. The molecule has 116 valence electrons. The molecule has 1 saturated carbocycles. The Bertz CT molecular complexity index is 509. The van der Waals surface area contributed by atoms with Crippen LogP contribution in [-0.2, 0) is 9.59 Å². The number of carbonyl (C=O) groups is 2. The third-order valence-electron chi connectivity index (χ3n) is 5.04. The number of aliphatic carboxylic acids is 2. The van der Waals surface area contributed by atoms with E-state index in [4.69, 9.17) is 0 Å². The molecule has 0 saturated heterocycles. The number of hydrogen-bond donors (Lipinski definition) is 2. The molecule has 4 heteroatoms. The molecule has 0 aromatic heterocycles. The van der Waals surface area contributed by atoms with Crippen LogP contribution in [0.4, 0.5) is 0 Å². The monoisotopic (exact) mass is 292 g/mol. The molecule has 0 aliphatic heterocycles. The molecule has 21 heavy (non-hydrogen) atoms. The first-order valence-electron chi connectivity index (χ1n) is 7.81. The van der Waals surface area contributed by atoms with Gasteiger partial charge < -0.3 is 10.2 Å². The van der Waals surface area contributed by atoms with Crippen molar-refractivity contribution in [1.82, 2.24) is 0 Å². The van der Waals surface area contributed by atoms with Crippen LogP contribution in [0.15, 0.2) is 22.8 Å². The van der Waals surface area contributed by atoms with Crippen molar-refractivity contribution in [2.75, 3.05) is 0 Å². The van der Waals surface area contributed by atoms with E-state index in [0.29, 0.717) is 6.42 Å². The molecule has 0 spiro atoms. The van der Waals surface area contributed by atoms with Gasteiger partial charge >= 0.3 is 11.9 Å². The van der Waals surface area contributed by atoms with Gasteiger partial charge in [-0.15, -0.1) is 0 Å². The Labute approximate surface area is 125 Å². The van der Waals surface area contributed by atoms with E-state index in [9.17, 15) is 19.8 Å². The Morgan fingerprint density at radius 2 is 1.86 bits per heavy atom. The minimum absolute atomic E-state index is 0.100. The zero-order chi connectivity index (χ0) is 15.6. The second-order valence-electron chi connectivity index (χ2n) is 6.41. The first kappa shape index (κ1) is 15.8. The van der Waals surface area contributed by atoms with Crippen LogP contribution in [0.1, 0.15) is 58.8 Å². The highest BCUT2D eigenvalue weighted by molar-refractivity contribution is 5.92. The maximum atomic E-state index is 11.8.